The van der Waals surface area contributed by atoms with Gasteiger partial charge in [0.15, 0.2) is 5.96 Å². The summed E-state index contributed by atoms with van der Waals surface area (Å²) in [5.41, 5.74) is 5.32. The first-order chi connectivity index (χ1) is 10.7. The van der Waals surface area contributed by atoms with Crippen LogP contribution < -0.4 is 11.1 Å². The topological polar surface area (TPSA) is 88.5 Å². The van der Waals surface area contributed by atoms with E-state index in [9.17, 15) is 4.79 Å². The lowest BCUT2D eigenvalue weighted by molar-refractivity contribution is -0.119. The lowest BCUT2D eigenvalue weighted by Gasteiger charge is -2.34. The minimum Gasteiger partial charge on any atom is -0.370 e. The van der Waals surface area contributed by atoms with Crippen molar-refractivity contribution in [2.24, 2.45) is 16.6 Å². The Bertz CT molecular complexity index is 490. The SMILES string of the molecule is CCNC(=NCCn1cccn1)N1CCCC(CC(N)=O)C1.I. The van der Waals surface area contributed by atoms with Crippen molar-refractivity contribution < 1.29 is 4.79 Å². The van der Waals surface area contributed by atoms with Gasteiger partial charge in [0.1, 0.15) is 0 Å². The molecule has 130 valence electrons. The number of aromatic nitrogens is 2. The second kappa shape index (κ2) is 10.5. The molecule has 1 aromatic rings. The predicted octanol–water partition coefficient (Wildman–Crippen LogP) is 1.05. The summed E-state index contributed by atoms with van der Waals surface area (Å²) in [6, 6.07) is 1.91. The van der Waals surface area contributed by atoms with Crippen LogP contribution in [0.4, 0.5) is 0 Å². The summed E-state index contributed by atoms with van der Waals surface area (Å²) in [5.74, 6) is 1.04. The molecule has 0 bridgehead atoms. The van der Waals surface area contributed by atoms with Crippen LogP contribution in [-0.4, -0.2) is 52.7 Å². The molecule has 0 radical (unpaired) electrons. The Kier molecular flexibility index (Phi) is 8.97. The number of aliphatic imine (C=N–C) groups is 1. The van der Waals surface area contributed by atoms with Crippen molar-refractivity contribution in [1.29, 1.82) is 0 Å². The molecule has 3 N–H and O–H groups in total. The second-order valence-electron chi connectivity index (χ2n) is 5.63. The van der Waals surface area contributed by atoms with Crippen molar-refractivity contribution in [3.05, 3.63) is 18.5 Å². The number of carbonyl (C=O) groups excluding carboxylic acids is 1. The van der Waals surface area contributed by atoms with Gasteiger partial charge in [-0.1, -0.05) is 0 Å². The minimum absolute atomic E-state index is 0. The average Bonchev–Trinajstić information content (AvgIpc) is 2.99. The van der Waals surface area contributed by atoms with Crippen molar-refractivity contribution in [3.8, 4) is 0 Å². The highest BCUT2D eigenvalue weighted by Crippen LogP contribution is 2.19. The smallest absolute Gasteiger partial charge is 0.217 e. The van der Waals surface area contributed by atoms with E-state index in [1.165, 1.54) is 0 Å². The van der Waals surface area contributed by atoms with Crippen LogP contribution >= 0.6 is 24.0 Å². The van der Waals surface area contributed by atoms with Crippen molar-refractivity contribution in [2.75, 3.05) is 26.2 Å². The van der Waals surface area contributed by atoms with Crippen molar-refractivity contribution >= 4 is 35.8 Å². The monoisotopic (exact) mass is 434 g/mol. The Morgan fingerprint density at radius 3 is 3.00 bits per heavy atom. The summed E-state index contributed by atoms with van der Waals surface area (Å²) in [6.45, 7) is 6.16. The summed E-state index contributed by atoms with van der Waals surface area (Å²) >= 11 is 0. The van der Waals surface area contributed by atoms with E-state index in [1.807, 2.05) is 16.9 Å². The number of halogens is 1. The Hall–Kier alpha value is -1.32. The molecule has 1 amide bonds. The summed E-state index contributed by atoms with van der Waals surface area (Å²) in [5, 5.41) is 7.51. The van der Waals surface area contributed by atoms with E-state index in [0.29, 0.717) is 18.9 Å². The maximum Gasteiger partial charge on any atom is 0.217 e. The van der Waals surface area contributed by atoms with Crippen LogP contribution in [0.25, 0.3) is 0 Å². The molecule has 1 atom stereocenters. The zero-order valence-corrected chi connectivity index (χ0v) is 16.0. The number of likely N-dealkylation sites (tertiary alicyclic amines) is 1. The van der Waals surface area contributed by atoms with Gasteiger partial charge in [0.2, 0.25) is 5.91 Å². The number of hydrogen-bond donors (Lipinski definition) is 2. The van der Waals surface area contributed by atoms with Gasteiger partial charge in [-0.3, -0.25) is 14.5 Å². The maximum atomic E-state index is 11.1. The predicted molar refractivity (Wildman–Crippen MR) is 102 cm³/mol. The van der Waals surface area contributed by atoms with Gasteiger partial charge in [-0.2, -0.15) is 5.10 Å². The van der Waals surface area contributed by atoms with E-state index in [2.05, 4.69) is 27.2 Å². The number of piperidine rings is 1. The van der Waals surface area contributed by atoms with E-state index in [-0.39, 0.29) is 29.9 Å². The lowest BCUT2D eigenvalue weighted by Crippen LogP contribution is -2.47. The summed E-state index contributed by atoms with van der Waals surface area (Å²) < 4.78 is 1.87. The first-order valence-corrected chi connectivity index (χ1v) is 7.98. The molecule has 0 aliphatic carbocycles. The highest BCUT2D eigenvalue weighted by Gasteiger charge is 2.23. The van der Waals surface area contributed by atoms with Gasteiger partial charge in [0.25, 0.3) is 0 Å². The van der Waals surface area contributed by atoms with E-state index >= 15 is 0 Å². The number of amides is 1. The second-order valence-corrected chi connectivity index (χ2v) is 5.63. The number of nitrogens with one attached hydrogen (secondary N) is 1. The zero-order valence-electron chi connectivity index (χ0n) is 13.6. The molecular formula is C15H27IN6O. The Labute approximate surface area is 154 Å². The minimum atomic E-state index is -0.215. The molecule has 1 saturated heterocycles. The Morgan fingerprint density at radius 2 is 2.35 bits per heavy atom. The molecule has 0 aromatic carbocycles. The largest absolute Gasteiger partial charge is 0.370 e. The molecule has 1 aromatic heterocycles. The molecule has 7 nitrogen and oxygen atoms in total. The summed E-state index contributed by atoms with van der Waals surface area (Å²) in [4.78, 5) is 18.0. The van der Waals surface area contributed by atoms with Gasteiger partial charge < -0.3 is 16.0 Å². The third kappa shape index (κ3) is 6.76. The number of nitrogens with zero attached hydrogens (tertiary/aromatic N) is 4. The van der Waals surface area contributed by atoms with E-state index < -0.39 is 0 Å². The van der Waals surface area contributed by atoms with Crippen LogP contribution in [0.2, 0.25) is 0 Å². The van der Waals surface area contributed by atoms with Crippen molar-refractivity contribution in [1.82, 2.24) is 20.0 Å². The molecule has 1 aliphatic rings. The van der Waals surface area contributed by atoms with E-state index in [1.54, 1.807) is 6.20 Å². The number of rotatable bonds is 6. The standard InChI is InChI=1S/C15H26N6O.HI/c1-2-17-15(18-7-10-21-9-4-6-19-21)20-8-3-5-13(12-20)11-14(16)22;/h4,6,9,13H,2-3,5,7-8,10-12H2,1H3,(H2,16,22)(H,17,18);1H. The van der Waals surface area contributed by atoms with Crippen LogP contribution in [0.1, 0.15) is 26.2 Å². The molecular weight excluding hydrogens is 407 g/mol. The molecule has 0 saturated carbocycles. The van der Waals surface area contributed by atoms with Gasteiger partial charge in [-0.25, -0.2) is 0 Å². The summed E-state index contributed by atoms with van der Waals surface area (Å²) in [6.07, 6.45) is 6.30. The quantitative estimate of drug-likeness (QED) is 0.398. The van der Waals surface area contributed by atoms with Crippen molar-refractivity contribution in [2.45, 2.75) is 32.7 Å². The number of primary amides is 1. The van der Waals surface area contributed by atoms with Gasteiger partial charge in [-0.15, -0.1) is 24.0 Å². The zero-order chi connectivity index (χ0) is 15.8. The summed E-state index contributed by atoms with van der Waals surface area (Å²) in [7, 11) is 0. The van der Waals surface area contributed by atoms with Gasteiger partial charge in [0.05, 0.1) is 13.1 Å². The van der Waals surface area contributed by atoms with E-state index in [4.69, 9.17) is 5.73 Å². The number of nitrogens with two attached hydrogens (primary N) is 1. The van der Waals surface area contributed by atoms with Gasteiger partial charge >= 0.3 is 0 Å². The molecule has 0 spiro atoms. The van der Waals surface area contributed by atoms with Crippen LogP contribution in [0.15, 0.2) is 23.5 Å². The maximum absolute atomic E-state index is 11.1. The van der Waals surface area contributed by atoms with Crippen LogP contribution in [0, 0.1) is 5.92 Å². The third-order valence-corrected chi connectivity index (χ3v) is 3.79. The van der Waals surface area contributed by atoms with Crippen LogP contribution in [0.3, 0.4) is 0 Å². The number of carbonyl (C=O) groups is 1. The Balaban J connectivity index is 0.00000264. The Morgan fingerprint density at radius 1 is 1.52 bits per heavy atom. The third-order valence-electron chi connectivity index (χ3n) is 3.79. The van der Waals surface area contributed by atoms with Gasteiger partial charge in [0, 0.05) is 38.4 Å². The molecule has 23 heavy (non-hydrogen) atoms. The van der Waals surface area contributed by atoms with Crippen LogP contribution in [0.5, 0.6) is 0 Å². The number of hydrogen-bond acceptors (Lipinski definition) is 3. The van der Waals surface area contributed by atoms with Crippen molar-refractivity contribution in [3.63, 3.8) is 0 Å². The van der Waals surface area contributed by atoms with E-state index in [0.717, 1.165) is 45.0 Å². The highest BCUT2D eigenvalue weighted by atomic mass is 127. The fourth-order valence-corrected chi connectivity index (χ4v) is 2.83. The fraction of sp³-hybridized carbons (Fsp3) is 0.667. The average molecular weight is 434 g/mol. The lowest BCUT2D eigenvalue weighted by atomic mass is 9.95. The molecule has 8 heteroatoms. The molecule has 1 aliphatic heterocycles. The van der Waals surface area contributed by atoms with Crippen LogP contribution in [-0.2, 0) is 11.3 Å². The highest BCUT2D eigenvalue weighted by molar-refractivity contribution is 14.0. The fourth-order valence-electron chi connectivity index (χ4n) is 2.83. The molecule has 2 heterocycles. The number of guanidine groups is 1. The van der Waals surface area contributed by atoms with Gasteiger partial charge in [-0.05, 0) is 31.7 Å². The first kappa shape index (κ1) is 19.7. The normalized spacial score (nSPS) is 18.4. The molecule has 1 unspecified atom stereocenters. The molecule has 1 fully saturated rings. The molecule has 2 rings (SSSR count). The first-order valence-electron chi connectivity index (χ1n) is 7.98.